The molecule has 0 N–H and O–H groups in total. The molecule has 5 rings (SSSR count). The van der Waals surface area contributed by atoms with E-state index in [2.05, 4.69) is 91.8 Å². The van der Waals surface area contributed by atoms with Crippen molar-refractivity contribution in [3.8, 4) is 0 Å². The number of rotatable bonds is 6. The van der Waals surface area contributed by atoms with Gasteiger partial charge in [-0.1, -0.05) is 66.7 Å². The molecule has 1 atom stereocenters. The Morgan fingerprint density at radius 3 is 1.79 bits per heavy atom. The summed E-state index contributed by atoms with van der Waals surface area (Å²) in [6.07, 6.45) is 20.3. The van der Waals surface area contributed by atoms with Crippen molar-refractivity contribution in [2.24, 2.45) is 4.99 Å². The predicted octanol–water partition coefficient (Wildman–Crippen LogP) is 5.77. The predicted molar refractivity (Wildman–Crippen MR) is 141 cm³/mol. The molecule has 2 aliphatic rings. The first-order chi connectivity index (χ1) is 16.3. The van der Waals surface area contributed by atoms with E-state index < -0.39 is 7.92 Å². The van der Waals surface area contributed by atoms with E-state index >= 15 is 0 Å². The van der Waals surface area contributed by atoms with Crippen LogP contribution in [-0.2, 0) is 17.1 Å². The molecular weight excluding hydrogens is 475 g/mol. The standard InChI is InChI=1S/C25H22N2P.C5H5.Fe/c1-20(27-19-21-11-8-9-18-26-21)24-16-10-17-25(24)28(22-12-4-2-5-13-22)23-14-6-3-7-15-23;1-2-4-5-3-1;/h2-20H,1H3;1-5H;/q;;+2/t20-;;/m1../s1. The van der Waals surface area contributed by atoms with Crippen LogP contribution in [-0.4, -0.2) is 17.2 Å². The molecule has 0 bridgehead atoms. The van der Waals surface area contributed by atoms with Crippen molar-refractivity contribution in [1.82, 2.24) is 4.98 Å². The van der Waals surface area contributed by atoms with Crippen molar-refractivity contribution in [3.05, 3.63) is 154 Å². The normalized spacial score (nSPS) is 17.4. The van der Waals surface area contributed by atoms with Crippen LogP contribution < -0.4 is 10.6 Å². The van der Waals surface area contributed by atoms with Gasteiger partial charge in [0.25, 0.3) is 0 Å². The minimum atomic E-state index is -0.617. The van der Waals surface area contributed by atoms with E-state index in [0.717, 1.165) is 5.69 Å². The summed E-state index contributed by atoms with van der Waals surface area (Å²) >= 11 is 0. The first-order valence-corrected chi connectivity index (χ1v) is 12.4. The van der Waals surface area contributed by atoms with Gasteiger partial charge in [0.2, 0.25) is 0 Å². The summed E-state index contributed by atoms with van der Waals surface area (Å²) in [6.45, 7) is 2.15. The third-order valence-electron chi connectivity index (χ3n) is 5.22. The van der Waals surface area contributed by atoms with E-state index in [-0.39, 0.29) is 23.1 Å². The van der Waals surface area contributed by atoms with Crippen molar-refractivity contribution < 1.29 is 17.1 Å². The number of nitrogens with zero attached hydrogens (tertiary/aromatic N) is 2. The maximum Gasteiger partial charge on any atom is 2.00 e. The molecule has 0 aliphatic heterocycles. The Labute approximate surface area is 217 Å². The molecule has 1 aromatic heterocycles. The minimum absolute atomic E-state index is 0. The van der Waals surface area contributed by atoms with Crippen LogP contribution in [0.4, 0.5) is 0 Å². The number of benzene rings is 2. The van der Waals surface area contributed by atoms with Gasteiger partial charge in [0.05, 0.1) is 11.7 Å². The van der Waals surface area contributed by atoms with Gasteiger partial charge in [-0.15, -0.1) is 0 Å². The molecule has 10 radical (unpaired) electrons. The molecule has 4 heteroatoms. The molecule has 2 nitrogen and oxygen atoms in total. The summed E-state index contributed by atoms with van der Waals surface area (Å²) in [5.41, 5.74) is 2.26. The topological polar surface area (TPSA) is 25.2 Å². The maximum atomic E-state index is 4.79. The summed E-state index contributed by atoms with van der Waals surface area (Å²) in [4.78, 5) is 9.13. The minimum Gasteiger partial charge on any atom is -0.287 e. The smallest absolute Gasteiger partial charge is 0.287 e. The second kappa shape index (κ2) is 14.6. The molecule has 1 heterocycles. The van der Waals surface area contributed by atoms with Crippen molar-refractivity contribution in [2.45, 2.75) is 13.0 Å². The Bertz CT molecular complexity index is 914. The second-order valence-corrected chi connectivity index (χ2v) is 9.73. The number of pyridine rings is 1. The van der Waals surface area contributed by atoms with E-state index in [4.69, 9.17) is 4.99 Å². The van der Waals surface area contributed by atoms with E-state index in [0.29, 0.717) is 0 Å². The van der Waals surface area contributed by atoms with Crippen molar-refractivity contribution in [3.63, 3.8) is 0 Å². The summed E-state index contributed by atoms with van der Waals surface area (Å²) in [6, 6.07) is 27.5. The molecule has 0 saturated heterocycles. The first-order valence-electron chi connectivity index (χ1n) is 11.1. The van der Waals surface area contributed by atoms with E-state index in [1.165, 1.54) is 22.2 Å². The Balaban J connectivity index is 0.000000481. The van der Waals surface area contributed by atoms with Crippen LogP contribution in [0.1, 0.15) is 12.6 Å². The average molecular weight is 502 g/mol. The van der Waals surface area contributed by atoms with E-state index in [1.54, 1.807) is 6.20 Å². The Hall–Kier alpha value is -1.79. The van der Waals surface area contributed by atoms with Crippen LogP contribution >= 0.6 is 7.92 Å². The third-order valence-corrected chi connectivity index (χ3v) is 7.74. The molecule has 0 amide bonds. The second-order valence-electron chi connectivity index (χ2n) is 7.54. The quantitative estimate of drug-likeness (QED) is 0.239. The zero-order valence-electron chi connectivity index (χ0n) is 19.1. The van der Waals surface area contributed by atoms with Gasteiger partial charge in [-0.2, -0.15) is 0 Å². The van der Waals surface area contributed by atoms with Crippen LogP contribution in [0.5, 0.6) is 0 Å². The molecule has 2 aliphatic carbocycles. The van der Waals surface area contributed by atoms with E-state index in [1.807, 2.05) is 56.5 Å². The Kier molecular flexibility index (Phi) is 11.5. The monoisotopic (exact) mass is 502 g/mol. The fourth-order valence-corrected chi connectivity index (χ4v) is 6.15. The summed E-state index contributed by atoms with van der Waals surface area (Å²) < 4.78 is 0. The molecule has 0 unspecified atom stereocenters. The van der Waals surface area contributed by atoms with Crippen molar-refractivity contribution in [2.75, 3.05) is 0 Å². The summed E-state index contributed by atoms with van der Waals surface area (Å²) in [7, 11) is -0.617. The van der Waals surface area contributed by atoms with Gasteiger partial charge in [-0.3, -0.25) is 9.98 Å². The first kappa shape index (κ1) is 26.8. The zero-order chi connectivity index (χ0) is 22.7. The summed E-state index contributed by atoms with van der Waals surface area (Å²) in [5.74, 6) is 1.28. The molecule has 2 fully saturated rings. The Morgan fingerprint density at radius 1 is 0.706 bits per heavy atom. The fourth-order valence-electron chi connectivity index (χ4n) is 3.60. The van der Waals surface area contributed by atoms with Gasteiger partial charge < -0.3 is 0 Å². The van der Waals surface area contributed by atoms with Gasteiger partial charge in [-0.05, 0) is 89.0 Å². The van der Waals surface area contributed by atoms with Gasteiger partial charge in [0, 0.05) is 24.0 Å². The van der Waals surface area contributed by atoms with Crippen LogP contribution in [0.25, 0.3) is 0 Å². The molecule has 2 saturated carbocycles. The molecule has 2 aromatic carbocycles. The van der Waals surface area contributed by atoms with Crippen LogP contribution in [0, 0.1) is 62.9 Å². The van der Waals surface area contributed by atoms with Gasteiger partial charge >= 0.3 is 17.1 Å². The fraction of sp³-hybridized carbons (Fsp3) is 0.0667. The number of hydrogen-bond donors (Lipinski definition) is 0. The number of aromatic nitrogens is 1. The molecule has 0 spiro atoms. The van der Waals surface area contributed by atoms with E-state index in [9.17, 15) is 0 Å². The number of aliphatic imine (C=N–C) groups is 1. The van der Waals surface area contributed by atoms with Crippen LogP contribution in [0.3, 0.4) is 0 Å². The largest absolute Gasteiger partial charge is 2.00 e. The van der Waals surface area contributed by atoms with Crippen molar-refractivity contribution in [1.29, 1.82) is 0 Å². The van der Waals surface area contributed by atoms with Crippen LogP contribution in [0.15, 0.2) is 90.1 Å². The van der Waals surface area contributed by atoms with Gasteiger partial charge in [0.1, 0.15) is 0 Å². The zero-order valence-corrected chi connectivity index (χ0v) is 21.1. The molecule has 168 valence electrons. The van der Waals surface area contributed by atoms with Gasteiger partial charge in [0.15, 0.2) is 0 Å². The molecule has 34 heavy (non-hydrogen) atoms. The molecular formula is C30H27FeN2P+2. The summed E-state index contributed by atoms with van der Waals surface area (Å²) in [5, 5.41) is 2.72. The number of hydrogen-bond acceptors (Lipinski definition) is 2. The van der Waals surface area contributed by atoms with Gasteiger partial charge in [-0.25, -0.2) is 0 Å². The Morgan fingerprint density at radius 2 is 1.26 bits per heavy atom. The van der Waals surface area contributed by atoms with Crippen molar-refractivity contribution >= 4 is 24.7 Å². The maximum absolute atomic E-state index is 4.79. The SMILES string of the molecule is C[C@@H](N=Cc1ccccn1)[C]1[CH][CH][CH][C]1P(c1ccccc1)c1ccccc1.[CH]1[CH][CH][CH][CH]1.[Fe+2]. The van der Waals surface area contributed by atoms with Crippen LogP contribution in [0.2, 0.25) is 0 Å². The average Bonchev–Trinajstić information content (AvgIpc) is 3.61. The third kappa shape index (κ3) is 7.61. The molecule has 3 aromatic rings.